The number of rotatable bonds is 5. The van der Waals surface area contributed by atoms with Crippen LogP contribution in [0.2, 0.25) is 5.02 Å². The molecule has 1 saturated carbocycles. The van der Waals surface area contributed by atoms with E-state index >= 15 is 0 Å². The van der Waals surface area contributed by atoms with Gasteiger partial charge in [-0.2, -0.15) is 0 Å². The summed E-state index contributed by atoms with van der Waals surface area (Å²) < 4.78 is 13.4. The first kappa shape index (κ1) is 18.6. The van der Waals surface area contributed by atoms with Crippen molar-refractivity contribution >= 4 is 34.5 Å². The molecule has 1 aromatic carbocycles. The summed E-state index contributed by atoms with van der Waals surface area (Å²) >= 11 is 5.94. The molecule has 0 bridgehead atoms. The number of carbonyl (C=O) groups excluding carboxylic acids is 2. The van der Waals surface area contributed by atoms with Crippen molar-refractivity contribution in [1.82, 2.24) is 9.13 Å². The summed E-state index contributed by atoms with van der Waals surface area (Å²) in [4.78, 5) is 37.9. The van der Waals surface area contributed by atoms with Crippen LogP contribution in [0.25, 0.3) is 11.1 Å². The quantitative estimate of drug-likeness (QED) is 0.480. The number of ether oxygens (including phenoxy) is 1. The molecule has 8 heteroatoms. The zero-order valence-electron chi connectivity index (χ0n) is 15.7. The van der Waals surface area contributed by atoms with Crippen LogP contribution < -0.4 is 5.76 Å². The second kappa shape index (κ2) is 6.67. The molecule has 0 radical (unpaired) electrons. The van der Waals surface area contributed by atoms with E-state index in [1.54, 1.807) is 12.1 Å². The summed E-state index contributed by atoms with van der Waals surface area (Å²) in [5.41, 5.74) is 2.77. The van der Waals surface area contributed by atoms with Gasteiger partial charge in [-0.25, -0.2) is 9.59 Å². The Morgan fingerprint density at radius 3 is 2.54 bits per heavy atom. The van der Waals surface area contributed by atoms with Crippen LogP contribution in [0.3, 0.4) is 0 Å². The number of nitrogens with zero attached hydrogens (tertiary/aromatic N) is 2. The number of esters is 1. The summed E-state index contributed by atoms with van der Waals surface area (Å²) in [6.45, 7) is 3.39. The van der Waals surface area contributed by atoms with E-state index in [0.717, 1.165) is 12.8 Å². The van der Waals surface area contributed by atoms with E-state index in [1.165, 1.54) is 17.7 Å². The molecule has 28 heavy (non-hydrogen) atoms. The fraction of sp³-hybridized carbons (Fsp3) is 0.350. The summed E-state index contributed by atoms with van der Waals surface area (Å²) in [6, 6.07) is 5.07. The lowest BCUT2D eigenvalue weighted by molar-refractivity contribution is 0.0596. The number of Topliss-reactive ketones (excluding diaryl/α,β-unsaturated/α-hetero) is 1. The average molecular weight is 403 g/mol. The van der Waals surface area contributed by atoms with Crippen molar-refractivity contribution in [2.24, 2.45) is 0 Å². The minimum Gasteiger partial charge on any atom is -0.465 e. The van der Waals surface area contributed by atoms with E-state index in [4.69, 9.17) is 20.8 Å². The smallest absolute Gasteiger partial charge is 0.420 e. The molecule has 0 spiro atoms. The maximum Gasteiger partial charge on any atom is 0.420 e. The fourth-order valence-electron chi connectivity index (χ4n) is 3.84. The molecule has 3 aromatic rings. The molecule has 0 unspecified atom stereocenters. The molecular formula is C20H19ClN2O5. The summed E-state index contributed by atoms with van der Waals surface area (Å²) in [6.07, 6.45) is 2.02. The Hall–Kier alpha value is -2.80. The predicted octanol–water partition coefficient (Wildman–Crippen LogP) is 3.67. The third kappa shape index (κ3) is 2.86. The third-order valence-corrected chi connectivity index (χ3v) is 5.44. The SMILES string of the molecule is COC(=O)c1c(C(=O)Cn2c(=O)oc3cc(Cl)ccc32)c(C)n(C2CC2)c1C. The normalized spacial score (nSPS) is 13.9. The van der Waals surface area contributed by atoms with Crippen LogP contribution in [-0.4, -0.2) is 28.0 Å². The molecule has 7 nitrogen and oxygen atoms in total. The van der Waals surface area contributed by atoms with Crippen molar-refractivity contribution in [3.05, 3.63) is 56.3 Å². The molecule has 0 aliphatic heterocycles. The van der Waals surface area contributed by atoms with Gasteiger partial charge in [0.05, 0.1) is 30.3 Å². The first-order chi connectivity index (χ1) is 13.3. The lowest BCUT2D eigenvalue weighted by Gasteiger charge is -2.07. The van der Waals surface area contributed by atoms with Gasteiger partial charge in [-0.15, -0.1) is 0 Å². The Labute approximate surface area is 165 Å². The Morgan fingerprint density at radius 1 is 1.21 bits per heavy atom. The Kier molecular flexibility index (Phi) is 4.42. The van der Waals surface area contributed by atoms with E-state index in [9.17, 15) is 14.4 Å². The Balaban J connectivity index is 1.81. The van der Waals surface area contributed by atoms with Crippen LogP contribution in [0.4, 0.5) is 0 Å². The van der Waals surface area contributed by atoms with Gasteiger partial charge in [-0.1, -0.05) is 11.6 Å². The highest BCUT2D eigenvalue weighted by molar-refractivity contribution is 6.31. The van der Waals surface area contributed by atoms with Crippen molar-refractivity contribution in [1.29, 1.82) is 0 Å². The fourth-order valence-corrected chi connectivity index (χ4v) is 4.00. The molecule has 2 heterocycles. The van der Waals surface area contributed by atoms with Crippen LogP contribution in [0.1, 0.15) is 51.0 Å². The van der Waals surface area contributed by atoms with Gasteiger partial charge in [0.15, 0.2) is 11.4 Å². The van der Waals surface area contributed by atoms with Crippen molar-refractivity contribution in [2.45, 2.75) is 39.3 Å². The predicted molar refractivity (Wildman–Crippen MR) is 103 cm³/mol. The minimum absolute atomic E-state index is 0.244. The van der Waals surface area contributed by atoms with Gasteiger partial charge in [0.25, 0.3) is 0 Å². The molecule has 0 atom stereocenters. The van der Waals surface area contributed by atoms with Crippen LogP contribution in [0, 0.1) is 13.8 Å². The number of aromatic nitrogens is 2. The second-order valence-electron chi connectivity index (χ2n) is 7.00. The molecule has 1 aliphatic carbocycles. The van der Waals surface area contributed by atoms with Gasteiger partial charge in [0, 0.05) is 28.5 Å². The number of benzene rings is 1. The number of ketones is 1. The van der Waals surface area contributed by atoms with Crippen LogP contribution >= 0.6 is 11.6 Å². The standard InChI is InChI=1S/C20H19ClN2O5/c1-10-17(18(19(25)27-3)11(2)23(10)13-5-6-13)15(24)9-22-14-7-4-12(21)8-16(14)28-20(22)26/h4,7-8,13H,5-6,9H2,1-3H3. The van der Waals surface area contributed by atoms with Crippen molar-refractivity contribution in [2.75, 3.05) is 7.11 Å². The van der Waals surface area contributed by atoms with E-state index < -0.39 is 11.7 Å². The van der Waals surface area contributed by atoms with Gasteiger partial charge in [-0.3, -0.25) is 9.36 Å². The van der Waals surface area contributed by atoms with Gasteiger partial charge < -0.3 is 13.7 Å². The number of halogens is 1. The lowest BCUT2D eigenvalue weighted by Crippen LogP contribution is -2.22. The number of methoxy groups -OCH3 is 1. The van der Waals surface area contributed by atoms with E-state index in [1.807, 2.05) is 18.4 Å². The Morgan fingerprint density at radius 2 is 1.89 bits per heavy atom. The number of oxazole rings is 1. The molecular weight excluding hydrogens is 384 g/mol. The maximum absolute atomic E-state index is 13.2. The van der Waals surface area contributed by atoms with Gasteiger partial charge in [0.1, 0.15) is 0 Å². The van der Waals surface area contributed by atoms with E-state index in [2.05, 4.69) is 0 Å². The topological polar surface area (TPSA) is 83.4 Å². The average Bonchev–Trinajstić information content (AvgIpc) is 3.38. The van der Waals surface area contributed by atoms with Crippen LogP contribution in [0.5, 0.6) is 0 Å². The van der Waals surface area contributed by atoms with Crippen molar-refractivity contribution in [3.8, 4) is 0 Å². The molecule has 2 aromatic heterocycles. The monoisotopic (exact) mass is 402 g/mol. The van der Waals surface area contributed by atoms with Crippen molar-refractivity contribution in [3.63, 3.8) is 0 Å². The molecule has 1 aliphatic rings. The highest BCUT2D eigenvalue weighted by atomic mass is 35.5. The maximum atomic E-state index is 13.2. The molecule has 1 fully saturated rings. The Bertz CT molecular complexity index is 1180. The third-order valence-electron chi connectivity index (χ3n) is 5.21. The summed E-state index contributed by atoms with van der Waals surface area (Å²) in [7, 11) is 1.29. The molecule has 0 amide bonds. The van der Waals surface area contributed by atoms with Crippen molar-refractivity contribution < 1.29 is 18.7 Å². The molecule has 146 valence electrons. The zero-order valence-corrected chi connectivity index (χ0v) is 16.5. The number of hydrogen-bond donors (Lipinski definition) is 0. The molecule has 0 N–H and O–H groups in total. The first-order valence-corrected chi connectivity index (χ1v) is 9.33. The highest BCUT2D eigenvalue weighted by Gasteiger charge is 2.34. The lowest BCUT2D eigenvalue weighted by atomic mass is 10.0. The van der Waals surface area contributed by atoms with Gasteiger partial charge in [-0.05, 0) is 38.8 Å². The highest BCUT2D eigenvalue weighted by Crippen LogP contribution is 2.40. The largest absolute Gasteiger partial charge is 0.465 e. The minimum atomic E-state index is -0.652. The first-order valence-electron chi connectivity index (χ1n) is 8.95. The van der Waals surface area contributed by atoms with E-state index in [-0.39, 0.29) is 17.9 Å². The molecule has 4 rings (SSSR count). The summed E-state index contributed by atoms with van der Waals surface area (Å²) in [5.74, 6) is -1.55. The van der Waals surface area contributed by atoms with E-state index in [0.29, 0.717) is 39.1 Å². The zero-order chi connectivity index (χ0) is 20.2. The van der Waals surface area contributed by atoms with Crippen LogP contribution in [-0.2, 0) is 11.3 Å². The summed E-state index contributed by atoms with van der Waals surface area (Å²) in [5, 5.41) is 0.431. The number of fused-ring (bicyclic) bond motifs is 1. The second-order valence-corrected chi connectivity index (χ2v) is 7.44. The van der Waals surface area contributed by atoms with Crippen LogP contribution in [0.15, 0.2) is 27.4 Å². The van der Waals surface area contributed by atoms with Gasteiger partial charge in [0.2, 0.25) is 0 Å². The van der Waals surface area contributed by atoms with Gasteiger partial charge >= 0.3 is 11.7 Å². The number of carbonyl (C=O) groups is 2. The molecule has 0 saturated heterocycles. The number of hydrogen-bond acceptors (Lipinski definition) is 5.